The molecule has 6 heteroatoms. The van der Waals surface area contributed by atoms with Crippen molar-refractivity contribution < 1.29 is 5.11 Å². The lowest BCUT2D eigenvalue weighted by atomic mass is 9.99. The van der Waals surface area contributed by atoms with Crippen molar-refractivity contribution in [2.75, 3.05) is 24.6 Å². The van der Waals surface area contributed by atoms with Crippen molar-refractivity contribution in [3.05, 3.63) is 36.8 Å². The first kappa shape index (κ1) is 14.1. The number of aromatic amines is 1. The summed E-state index contributed by atoms with van der Waals surface area (Å²) in [6.07, 6.45) is 7.55. The van der Waals surface area contributed by atoms with Crippen LogP contribution in [0.5, 0.6) is 0 Å². The molecule has 1 aliphatic heterocycles. The minimum absolute atomic E-state index is 0.231. The number of aliphatic hydroxyl groups excluding tert-OH is 1. The lowest BCUT2D eigenvalue weighted by Gasteiger charge is -2.33. The van der Waals surface area contributed by atoms with E-state index >= 15 is 0 Å². The van der Waals surface area contributed by atoms with Gasteiger partial charge in [0.15, 0.2) is 5.82 Å². The van der Waals surface area contributed by atoms with E-state index < -0.39 is 0 Å². The van der Waals surface area contributed by atoms with Crippen molar-refractivity contribution in [1.29, 1.82) is 0 Å². The molecular weight excluding hydrogens is 290 g/mol. The van der Waals surface area contributed by atoms with Crippen molar-refractivity contribution >= 4 is 16.9 Å². The Hall–Kier alpha value is -2.47. The summed E-state index contributed by atoms with van der Waals surface area (Å²) in [4.78, 5) is 19.0. The van der Waals surface area contributed by atoms with Gasteiger partial charge in [0, 0.05) is 43.9 Å². The van der Waals surface area contributed by atoms with Crippen molar-refractivity contribution in [3.63, 3.8) is 0 Å². The average Bonchev–Trinajstić information content (AvgIpc) is 3.10. The molecule has 0 spiro atoms. The number of nitrogens with zero attached hydrogens (tertiary/aromatic N) is 4. The molecule has 118 valence electrons. The number of rotatable bonds is 3. The van der Waals surface area contributed by atoms with Gasteiger partial charge in [-0.2, -0.15) is 0 Å². The third kappa shape index (κ3) is 2.66. The molecule has 0 aromatic carbocycles. The van der Waals surface area contributed by atoms with E-state index in [1.54, 1.807) is 12.4 Å². The van der Waals surface area contributed by atoms with Crippen LogP contribution in [-0.4, -0.2) is 44.7 Å². The second-order valence-electron chi connectivity index (χ2n) is 5.98. The van der Waals surface area contributed by atoms with Crippen molar-refractivity contribution in [2.45, 2.75) is 12.8 Å². The Morgan fingerprint density at radius 1 is 1.22 bits per heavy atom. The van der Waals surface area contributed by atoms with Gasteiger partial charge >= 0.3 is 0 Å². The number of piperidine rings is 1. The van der Waals surface area contributed by atoms with Gasteiger partial charge in [0.1, 0.15) is 11.5 Å². The maximum atomic E-state index is 9.49. The van der Waals surface area contributed by atoms with E-state index in [1.165, 1.54) is 0 Å². The van der Waals surface area contributed by atoms with Crippen LogP contribution in [0.2, 0.25) is 0 Å². The molecule has 0 bridgehead atoms. The first-order chi connectivity index (χ1) is 11.3. The molecular formula is C17H19N5O. The summed E-state index contributed by atoms with van der Waals surface area (Å²) < 4.78 is 0. The minimum Gasteiger partial charge on any atom is -0.396 e. The van der Waals surface area contributed by atoms with Crippen LogP contribution in [0.15, 0.2) is 36.8 Å². The normalized spacial score (nSPS) is 18.5. The van der Waals surface area contributed by atoms with Crippen LogP contribution in [-0.2, 0) is 0 Å². The van der Waals surface area contributed by atoms with Crippen LogP contribution in [0.3, 0.4) is 0 Å². The monoisotopic (exact) mass is 309 g/mol. The van der Waals surface area contributed by atoms with Gasteiger partial charge in [-0.3, -0.25) is 4.98 Å². The third-order valence-electron chi connectivity index (χ3n) is 4.41. The molecule has 0 saturated carbocycles. The summed E-state index contributed by atoms with van der Waals surface area (Å²) in [6, 6.07) is 5.85. The quantitative estimate of drug-likeness (QED) is 0.776. The van der Waals surface area contributed by atoms with Gasteiger partial charge in [-0.1, -0.05) is 0 Å². The van der Waals surface area contributed by atoms with Gasteiger partial charge in [0.05, 0.1) is 5.39 Å². The molecule has 2 N–H and O–H groups in total. The Balaban J connectivity index is 1.80. The lowest BCUT2D eigenvalue weighted by molar-refractivity contribution is 0.208. The average molecular weight is 309 g/mol. The number of aromatic nitrogens is 4. The molecule has 0 amide bonds. The van der Waals surface area contributed by atoms with Crippen molar-refractivity contribution in [2.24, 2.45) is 5.92 Å². The Labute approximate surface area is 134 Å². The van der Waals surface area contributed by atoms with Gasteiger partial charge in [0.25, 0.3) is 0 Å². The predicted octanol–water partition coefficient (Wildman–Crippen LogP) is 2.23. The van der Waals surface area contributed by atoms with E-state index in [0.717, 1.165) is 48.3 Å². The third-order valence-corrected chi connectivity index (χ3v) is 4.41. The van der Waals surface area contributed by atoms with Crippen LogP contribution in [0.1, 0.15) is 12.8 Å². The first-order valence-corrected chi connectivity index (χ1v) is 7.96. The van der Waals surface area contributed by atoms with Crippen LogP contribution in [0, 0.1) is 5.92 Å². The summed E-state index contributed by atoms with van der Waals surface area (Å²) >= 11 is 0. The largest absolute Gasteiger partial charge is 0.396 e. The summed E-state index contributed by atoms with van der Waals surface area (Å²) in [5, 5.41) is 10.5. The minimum atomic E-state index is 0.231. The zero-order valence-corrected chi connectivity index (χ0v) is 12.8. The Morgan fingerprint density at radius 2 is 2.09 bits per heavy atom. The molecule has 4 rings (SSSR count). The molecule has 23 heavy (non-hydrogen) atoms. The van der Waals surface area contributed by atoms with E-state index in [0.29, 0.717) is 11.7 Å². The Bertz CT molecular complexity index is 801. The Morgan fingerprint density at radius 3 is 2.91 bits per heavy atom. The van der Waals surface area contributed by atoms with Crippen LogP contribution < -0.4 is 4.90 Å². The molecule has 0 unspecified atom stereocenters. The SMILES string of the molecule is OC[C@H]1CCCN(c2nc(-c3ccncc3)nc3[nH]ccc23)C1. The number of aliphatic hydroxyl groups is 1. The van der Waals surface area contributed by atoms with Gasteiger partial charge < -0.3 is 15.0 Å². The molecule has 1 aliphatic rings. The van der Waals surface area contributed by atoms with Gasteiger partial charge in [-0.05, 0) is 37.0 Å². The molecule has 3 aromatic heterocycles. The molecule has 6 nitrogen and oxygen atoms in total. The highest BCUT2D eigenvalue weighted by Gasteiger charge is 2.23. The topological polar surface area (TPSA) is 77.9 Å². The number of fused-ring (bicyclic) bond motifs is 1. The standard InChI is InChI=1S/C17H19N5O/c23-11-12-2-1-9-22(10-12)17-14-5-8-19-16(14)20-15(21-17)13-3-6-18-7-4-13/h3-8,12,23H,1-2,9-11H2,(H,19,20,21)/t12-/m0/s1. The molecule has 1 fully saturated rings. The lowest BCUT2D eigenvalue weighted by Crippen LogP contribution is -2.37. The van der Waals surface area contributed by atoms with Crippen molar-refractivity contribution in [3.8, 4) is 11.4 Å². The molecule has 1 atom stereocenters. The number of pyridine rings is 1. The smallest absolute Gasteiger partial charge is 0.164 e. The van der Waals surface area contributed by atoms with E-state index in [2.05, 4.69) is 19.9 Å². The van der Waals surface area contributed by atoms with Crippen LogP contribution in [0.4, 0.5) is 5.82 Å². The molecule has 4 heterocycles. The highest BCUT2D eigenvalue weighted by Crippen LogP contribution is 2.29. The maximum Gasteiger partial charge on any atom is 0.164 e. The van der Waals surface area contributed by atoms with Gasteiger partial charge in [0.2, 0.25) is 0 Å². The van der Waals surface area contributed by atoms with Crippen LogP contribution in [0.25, 0.3) is 22.4 Å². The fourth-order valence-corrected chi connectivity index (χ4v) is 3.20. The number of anilines is 1. The number of hydrogen-bond acceptors (Lipinski definition) is 5. The van der Waals surface area contributed by atoms with E-state index in [-0.39, 0.29) is 6.61 Å². The zero-order chi connectivity index (χ0) is 15.6. The summed E-state index contributed by atoms with van der Waals surface area (Å²) in [6.45, 7) is 2.03. The second-order valence-corrected chi connectivity index (χ2v) is 5.98. The van der Waals surface area contributed by atoms with Crippen LogP contribution >= 0.6 is 0 Å². The number of nitrogens with one attached hydrogen (secondary N) is 1. The summed E-state index contributed by atoms with van der Waals surface area (Å²) in [5.41, 5.74) is 1.79. The fourth-order valence-electron chi connectivity index (χ4n) is 3.20. The highest BCUT2D eigenvalue weighted by molar-refractivity contribution is 5.89. The van der Waals surface area contributed by atoms with Gasteiger partial charge in [-0.15, -0.1) is 0 Å². The zero-order valence-electron chi connectivity index (χ0n) is 12.8. The number of H-pyrrole nitrogens is 1. The highest BCUT2D eigenvalue weighted by atomic mass is 16.3. The van der Waals surface area contributed by atoms with E-state index in [1.807, 2.05) is 24.4 Å². The molecule has 0 radical (unpaired) electrons. The molecule has 3 aromatic rings. The predicted molar refractivity (Wildman–Crippen MR) is 89.1 cm³/mol. The van der Waals surface area contributed by atoms with Gasteiger partial charge in [-0.25, -0.2) is 9.97 Å². The summed E-state index contributed by atoms with van der Waals surface area (Å²) in [5.74, 6) is 1.96. The first-order valence-electron chi connectivity index (χ1n) is 7.96. The van der Waals surface area contributed by atoms with Crippen molar-refractivity contribution in [1.82, 2.24) is 19.9 Å². The van der Waals surface area contributed by atoms with E-state index in [4.69, 9.17) is 4.98 Å². The molecule has 1 saturated heterocycles. The maximum absolute atomic E-state index is 9.49. The Kier molecular flexibility index (Phi) is 3.67. The van der Waals surface area contributed by atoms with E-state index in [9.17, 15) is 5.11 Å². The summed E-state index contributed by atoms with van der Waals surface area (Å²) in [7, 11) is 0. The molecule has 0 aliphatic carbocycles. The fraction of sp³-hybridized carbons (Fsp3) is 0.353. The second kappa shape index (κ2) is 5.96. The number of hydrogen-bond donors (Lipinski definition) is 2.